The maximum Gasteiger partial charge on any atom is 0.108 e. The Morgan fingerprint density at radius 2 is 2.05 bits per heavy atom. The second-order valence-electron chi connectivity index (χ2n) is 6.20. The lowest BCUT2D eigenvalue weighted by Gasteiger charge is -2.46. The Bertz CT molecular complexity index is 418. The summed E-state index contributed by atoms with van der Waals surface area (Å²) in [4.78, 5) is 7.05. The standard InChI is InChI=1S/C16H31N5/c1-4-21(5-2)16(10-6-7-11-16)14(19-17)8-9-15-18-12-13-20(15)3/h12-14,19H,4-11,17H2,1-3H3. The van der Waals surface area contributed by atoms with Crippen LogP contribution in [-0.2, 0) is 13.5 Å². The van der Waals surface area contributed by atoms with Crippen LogP contribution in [0.25, 0.3) is 0 Å². The first kappa shape index (κ1) is 16.5. The molecule has 1 aromatic rings. The van der Waals surface area contributed by atoms with Crippen molar-refractivity contribution in [2.75, 3.05) is 13.1 Å². The van der Waals surface area contributed by atoms with E-state index < -0.39 is 0 Å². The quantitative estimate of drug-likeness (QED) is 0.567. The van der Waals surface area contributed by atoms with Crippen LogP contribution in [0.5, 0.6) is 0 Å². The van der Waals surface area contributed by atoms with Crippen LogP contribution in [0.1, 0.15) is 51.8 Å². The number of aromatic nitrogens is 2. The molecule has 1 heterocycles. The molecule has 0 amide bonds. The van der Waals surface area contributed by atoms with E-state index in [2.05, 4.69) is 40.8 Å². The van der Waals surface area contributed by atoms with E-state index in [4.69, 9.17) is 5.84 Å². The molecule has 3 N–H and O–H groups in total. The molecule has 1 aromatic heterocycles. The zero-order valence-electron chi connectivity index (χ0n) is 13.8. The molecule has 0 saturated heterocycles. The maximum atomic E-state index is 5.96. The van der Waals surface area contributed by atoms with E-state index in [0.717, 1.165) is 31.8 Å². The van der Waals surface area contributed by atoms with E-state index in [9.17, 15) is 0 Å². The van der Waals surface area contributed by atoms with Crippen molar-refractivity contribution in [1.29, 1.82) is 0 Å². The van der Waals surface area contributed by atoms with Gasteiger partial charge in [0.1, 0.15) is 5.82 Å². The first-order valence-corrected chi connectivity index (χ1v) is 8.35. The summed E-state index contributed by atoms with van der Waals surface area (Å²) in [6.45, 7) is 6.71. The van der Waals surface area contributed by atoms with E-state index in [1.807, 2.05) is 12.4 Å². The number of aryl methyl sites for hydroxylation is 2. The molecule has 1 fully saturated rings. The van der Waals surface area contributed by atoms with Gasteiger partial charge in [-0.05, 0) is 32.4 Å². The van der Waals surface area contributed by atoms with Crippen molar-refractivity contribution in [3.8, 4) is 0 Å². The monoisotopic (exact) mass is 293 g/mol. The third-order valence-corrected chi connectivity index (χ3v) is 5.29. The summed E-state index contributed by atoms with van der Waals surface area (Å²) in [5.41, 5.74) is 3.36. The van der Waals surface area contributed by atoms with Crippen LogP contribution in [0.4, 0.5) is 0 Å². The first-order valence-electron chi connectivity index (χ1n) is 8.35. The van der Waals surface area contributed by atoms with Crippen molar-refractivity contribution >= 4 is 0 Å². The lowest BCUT2D eigenvalue weighted by atomic mass is 9.83. The van der Waals surface area contributed by atoms with Crippen LogP contribution >= 0.6 is 0 Å². The zero-order valence-corrected chi connectivity index (χ0v) is 13.8. The molecule has 0 aliphatic heterocycles. The molecule has 1 saturated carbocycles. The van der Waals surface area contributed by atoms with Crippen molar-refractivity contribution in [2.24, 2.45) is 12.9 Å². The molecule has 5 nitrogen and oxygen atoms in total. The molecule has 1 aliphatic rings. The van der Waals surface area contributed by atoms with Crippen molar-refractivity contribution in [2.45, 2.75) is 64.0 Å². The molecule has 2 rings (SSSR count). The smallest absolute Gasteiger partial charge is 0.108 e. The molecule has 0 bridgehead atoms. The van der Waals surface area contributed by atoms with Crippen LogP contribution in [0.3, 0.4) is 0 Å². The number of likely N-dealkylation sites (N-methyl/N-ethyl adjacent to an activating group) is 1. The third-order valence-electron chi connectivity index (χ3n) is 5.29. The van der Waals surface area contributed by atoms with Crippen LogP contribution < -0.4 is 11.3 Å². The van der Waals surface area contributed by atoms with Gasteiger partial charge in [-0.2, -0.15) is 0 Å². The largest absolute Gasteiger partial charge is 0.338 e. The summed E-state index contributed by atoms with van der Waals surface area (Å²) in [5.74, 6) is 7.10. The predicted octanol–water partition coefficient (Wildman–Crippen LogP) is 1.84. The number of hydrogen-bond acceptors (Lipinski definition) is 4. The Kier molecular flexibility index (Phi) is 5.79. The third kappa shape index (κ3) is 3.30. The highest BCUT2D eigenvalue weighted by Gasteiger charge is 2.44. The number of hydrogen-bond donors (Lipinski definition) is 2. The van der Waals surface area contributed by atoms with E-state index >= 15 is 0 Å². The Morgan fingerprint density at radius 3 is 2.52 bits per heavy atom. The van der Waals surface area contributed by atoms with Crippen LogP contribution in [0.2, 0.25) is 0 Å². The summed E-state index contributed by atoms with van der Waals surface area (Å²) in [5, 5.41) is 0. The summed E-state index contributed by atoms with van der Waals surface area (Å²) >= 11 is 0. The molecule has 1 unspecified atom stereocenters. The molecular weight excluding hydrogens is 262 g/mol. The molecule has 120 valence electrons. The maximum absolute atomic E-state index is 5.96. The fourth-order valence-electron chi connectivity index (χ4n) is 4.14. The van der Waals surface area contributed by atoms with Gasteiger partial charge >= 0.3 is 0 Å². The summed E-state index contributed by atoms with van der Waals surface area (Å²) in [7, 11) is 2.06. The molecule has 1 atom stereocenters. The van der Waals surface area contributed by atoms with Crippen molar-refractivity contribution in [1.82, 2.24) is 19.9 Å². The average Bonchev–Trinajstić information content (AvgIpc) is 3.12. The number of rotatable bonds is 8. The molecule has 0 spiro atoms. The first-order chi connectivity index (χ1) is 10.2. The van der Waals surface area contributed by atoms with Gasteiger partial charge in [-0.3, -0.25) is 16.2 Å². The van der Waals surface area contributed by atoms with Gasteiger partial charge in [0, 0.05) is 37.4 Å². The van der Waals surface area contributed by atoms with Gasteiger partial charge in [-0.15, -0.1) is 0 Å². The van der Waals surface area contributed by atoms with Gasteiger partial charge in [0.25, 0.3) is 0 Å². The van der Waals surface area contributed by atoms with Crippen molar-refractivity contribution < 1.29 is 0 Å². The molecule has 1 aliphatic carbocycles. The highest BCUT2D eigenvalue weighted by atomic mass is 15.3. The minimum atomic E-state index is 0.226. The van der Waals surface area contributed by atoms with Gasteiger partial charge < -0.3 is 4.57 Å². The molecule has 21 heavy (non-hydrogen) atoms. The number of hydrazine groups is 1. The fraction of sp³-hybridized carbons (Fsp3) is 0.812. The van der Waals surface area contributed by atoms with Crippen molar-refractivity contribution in [3.05, 3.63) is 18.2 Å². The minimum Gasteiger partial charge on any atom is -0.338 e. The lowest BCUT2D eigenvalue weighted by Crippen LogP contribution is -2.61. The van der Waals surface area contributed by atoms with Gasteiger partial charge in [0.15, 0.2) is 0 Å². The molecule has 5 heteroatoms. The normalized spacial score (nSPS) is 19.3. The number of nitrogens with two attached hydrogens (primary N) is 1. The Morgan fingerprint density at radius 1 is 1.38 bits per heavy atom. The summed E-state index contributed by atoms with van der Waals surface area (Å²) < 4.78 is 2.10. The Balaban J connectivity index is 2.10. The molecule has 0 aromatic carbocycles. The second kappa shape index (κ2) is 7.38. The average molecular weight is 293 g/mol. The van der Waals surface area contributed by atoms with Crippen LogP contribution in [-0.4, -0.2) is 39.1 Å². The topological polar surface area (TPSA) is 59.1 Å². The SMILES string of the molecule is CCN(CC)C1(C(CCc2nccn2C)NN)CCCC1. The van der Waals surface area contributed by atoms with Crippen LogP contribution in [0.15, 0.2) is 12.4 Å². The highest BCUT2D eigenvalue weighted by Crippen LogP contribution is 2.39. The predicted molar refractivity (Wildman–Crippen MR) is 86.8 cm³/mol. The summed E-state index contributed by atoms with van der Waals surface area (Å²) in [6.07, 6.45) is 11.0. The van der Waals surface area contributed by atoms with Gasteiger partial charge in [0.2, 0.25) is 0 Å². The van der Waals surface area contributed by atoms with Gasteiger partial charge in [-0.1, -0.05) is 26.7 Å². The van der Waals surface area contributed by atoms with E-state index in [-0.39, 0.29) is 5.54 Å². The lowest BCUT2D eigenvalue weighted by molar-refractivity contribution is 0.0595. The van der Waals surface area contributed by atoms with E-state index in [1.54, 1.807) is 0 Å². The Hall–Kier alpha value is -0.910. The molecule has 0 radical (unpaired) electrons. The van der Waals surface area contributed by atoms with E-state index in [1.165, 1.54) is 25.7 Å². The number of imidazole rings is 1. The zero-order chi connectivity index (χ0) is 15.3. The minimum absolute atomic E-state index is 0.226. The van der Waals surface area contributed by atoms with Crippen molar-refractivity contribution in [3.63, 3.8) is 0 Å². The highest BCUT2D eigenvalue weighted by molar-refractivity contribution is 5.04. The Labute approximate surface area is 128 Å². The van der Waals surface area contributed by atoms with Gasteiger partial charge in [0.05, 0.1) is 0 Å². The van der Waals surface area contributed by atoms with Gasteiger partial charge in [-0.25, -0.2) is 4.98 Å². The number of nitrogens with one attached hydrogen (secondary N) is 1. The van der Waals surface area contributed by atoms with E-state index in [0.29, 0.717) is 6.04 Å². The molecular formula is C16H31N5. The fourth-order valence-corrected chi connectivity index (χ4v) is 4.14. The number of nitrogens with zero attached hydrogens (tertiary/aromatic N) is 3. The summed E-state index contributed by atoms with van der Waals surface area (Å²) in [6, 6.07) is 0.330. The van der Waals surface area contributed by atoms with Crippen LogP contribution in [0, 0.1) is 0 Å². The second-order valence-corrected chi connectivity index (χ2v) is 6.20.